The molecule has 3 atom stereocenters. The maximum atomic E-state index is 13.5. The van der Waals surface area contributed by atoms with Crippen LogP contribution in [0.25, 0.3) is 0 Å². The maximum absolute atomic E-state index is 13.5. The summed E-state index contributed by atoms with van der Waals surface area (Å²) in [5, 5.41) is 0. The molecular formula is C16H24FNO. The van der Waals surface area contributed by atoms with E-state index in [1.54, 1.807) is 19.2 Å². The van der Waals surface area contributed by atoms with Gasteiger partial charge >= 0.3 is 0 Å². The molecule has 1 saturated carbocycles. The van der Waals surface area contributed by atoms with Gasteiger partial charge in [0.2, 0.25) is 0 Å². The minimum absolute atomic E-state index is 0.230. The fourth-order valence-electron chi connectivity index (χ4n) is 3.37. The first-order chi connectivity index (χ1) is 8.98. The topological polar surface area (TPSA) is 35.2 Å². The highest BCUT2D eigenvalue weighted by atomic mass is 19.1. The van der Waals surface area contributed by atoms with E-state index in [0.717, 1.165) is 30.4 Å². The quantitative estimate of drug-likeness (QED) is 0.903. The second kappa shape index (κ2) is 5.59. The number of benzene rings is 1. The van der Waals surface area contributed by atoms with Gasteiger partial charge in [0, 0.05) is 7.11 Å². The van der Waals surface area contributed by atoms with E-state index in [1.807, 2.05) is 6.92 Å². The lowest BCUT2D eigenvalue weighted by atomic mass is 9.72. The summed E-state index contributed by atoms with van der Waals surface area (Å²) >= 11 is 0. The van der Waals surface area contributed by atoms with Crippen molar-refractivity contribution in [2.45, 2.75) is 51.2 Å². The van der Waals surface area contributed by atoms with Gasteiger partial charge in [-0.1, -0.05) is 25.8 Å². The molecule has 3 heteroatoms. The van der Waals surface area contributed by atoms with E-state index in [4.69, 9.17) is 10.5 Å². The van der Waals surface area contributed by atoms with Crippen LogP contribution < -0.4 is 5.73 Å². The van der Waals surface area contributed by atoms with Crippen LogP contribution in [-0.2, 0) is 4.74 Å². The minimum atomic E-state index is -0.351. The minimum Gasteiger partial charge on any atom is -0.376 e. The highest BCUT2D eigenvalue weighted by Crippen LogP contribution is 2.42. The van der Waals surface area contributed by atoms with Gasteiger partial charge in [-0.3, -0.25) is 0 Å². The van der Waals surface area contributed by atoms with Crippen molar-refractivity contribution in [3.05, 3.63) is 35.1 Å². The molecule has 0 aromatic heterocycles. The molecule has 106 valence electrons. The zero-order chi connectivity index (χ0) is 14.0. The van der Waals surface area contributed by atoms with Crippen molar-refractivity contribution in [3.8, 4) is 0 Å². The van der Waals surface area contributed by atoms with E-state index in [9.17, 15) is 4.39 Å². The Morgan fingerprint density at radius 2 is 2.21 bits per heavy atom. The monoisotopic (exact) mass is 265 g/mol. The Balaban J connectivity index is 2.34. The molecule has 2 rings (SSSR count). The fourth-order valence-corrected chi connectivity index (χ4v) is 3.37. The van der Waals surface area contributed by atoms with Gasteiger partial charge in [0.1, 0.15) is 5.82 Å². The van der Waals surface area contributed by atoms with Crippen LogP contribution in [0.2, 0.25) is 0 Å². The summed E-state index contributed by atoms with van der Waals surface area (Å²) < 4.78 is 19.3. The summed E-state index contributed by atoms with van der Waals surface area (Å²) in [6.45, 7) is 4.21. The third-order valence-corrected chi connectivity index (χ3v) is 4.54. The van der Waals surface area contributed by atoms with Gasteiger partial charge in [-0.25, -0.2) is 4.39 Å². The molecule has 3 unspecified atom stereocenters. The highest BCUT2D eigenvalue weighted by Gasteiger charge is 2.41. The molecule has 0 aliphatic heterocycles. The van der Waals surface area contributed by atoms with Crippen LogP contribution in [0.4, 0.5) is 4.39 Å². The third kappa shape index (κ3) is 2.82. The number of hydrogen-bond donors (Lipinski definition) is 1. The van der Waals surface area contributed by atoms with Crippen LogP contribution in [0.5, 0.6) is 0 Å². The molecule has 1 aliphatic carbocycles. The van der Waals surface area contributed by atoms with Crippen LogP contribution in [0.15, 0.2) is 18.2 Å². The molecule has 0 heterocycles. The van der Waals surface area contributed by atoms with Crippen molar-refractivity contribution in [1.29, 1.82) is 0 Å². The summed E-state index contributed by atoms with van der Waals surface area (Å²) in [6.07, 6.45) is 4.24. The molecule has 1 aliphatic rings. The molecule has 1 aromatic rings. The Kier molecular flexibility index (Phi) is 4.26. The molecule has 1 fully saturated rings. The lowest BCUT2D eigenvalue weighted by Gasteiger charge is -2.43. The van der Waals surface area contributed by atoms with Gasteiger partial charge in [0.25, 0.3) is 0 Å². The first kappa shape index (κ1) is 14.5. The van der Waals surface area contributed by atoms with Crippen molar-refractivity contribution in [3.63, 3.8) is 0 Å². The summed E-state index contributed by atoms with van der Waals surface area (Å²) in [6, 6.07) is 4.56. The van der Waals surface area contributed by atoms with Gasteiger partial charge in [-0.15, -0.1) is 0 Å². The van der Waals surface area contributed by atoms with E-state index >= 15 is 0 Å². The molecule has 0 saturated heterocycles. The van der Waals surface area contributed by atoms with Crippen molar-refractivity contribution < 1.29 is 9.13 Å². The van der Waals surface area contributed by atoms with E-state index < -0.39 is 0 Å². The lowest BCUT2D eigenvalue weighted by molar-refractivity contribution is -0.0719. The molecule has 0 spiro atoms. The number of halogens is 1. The molecule has 19 heavy (non-hydrogen) atoms. The van der Waals surface area contributed by atoms with Crippen LogP contribution in [0.1, 0.15) is 49.8 Å². The zero-order valence-electron chi connectivity index (χ0n) is 12.1. The first-order valence-electron chi connectivity index (χ1n) is 7.05. The number of ether oxygens (including phenoxy) is 1. The van der Waals surface area contributed by atoms with Crippen LogP contribution in [-0.4, -0.2) is 12.7 Å². The summed E-state index contributed by atoms with van der Waals surface area (Å²) in [5.74, 6) is 0.375. The van der Waals surface area contributed by atoms with Crippen molar-refractivity contribution >= 4 is 0 Å². The Hall–Kier alpha value is -0.930. The Morgan fingerprint density at radius 3 is 2.84 bits per heavy atom. The SMILES string of the molecule is COC1(C(N)c2cc(F)ccc2C)CCCC(C)C1. The molecule has 0 amide bonds. The summed E-state index contributed by atoms with van der Waals surface area (Å²) in [4.78, 5) is 0. The van der Waals surface area contributed by atoms with Crippen LogP contribution in [0.3, 0.4) is 0 Å². The molecule has 0 radical (unpaired) electrons. The van der Waals surface area contributed by atoms with E-state index in [1.165, 1.54) is 12.5 Å². The lowest BCUT2D eigenvalue weighted by Crippen LogP contribution is -2.46. The van der Waals surface area contributed by atoms with E-state index in [2.05, 4.69) is 6.92 Å². The standard InChI is InChI=1S/C16H24FNO/c1-11-5-4-8-16(10-11,19-3)15(18)14-9-13(17)7-6-12(14)2/h6-7,9,11,15H,4-5,8,10,18H2,1-3H3. The van der Waals surface area contributed by atoms with Crippen LogP contribution in [0, 0.1) is 18.7 Å². The second-order valence-corrected chi connectivity index (χ2v) is 5.95. The highest BCUT2D eigenvalue weighted by molar-refractivity contribution is 5.31. The van der Waals surface area contributed by atoms with Gasteiger partial charge in [-0.2, -0.15) is 0 Å². The van der Waals surface area contributed by atoms with Gasteiger partial charge in [0.15, 0.2) is 0 Å². The Labute approximate surface area is 115 Å². The largest absolute Gasteiger partial charge is 0.376 e. The smallest absolute Gasteiger partial charge is 0.123 e. The van der Waals surface area contributed by atoms with Gasteiger partial charge in [0.05, 0.1) is 11.6 Å². The predicted octanol–water partition coefficient (Wildman–Crippen LogP) is 3.73. The maximum Gasteiger partial charge on any atom is 0.123 e. The Bertz CT molecular complexity index is 448. The number of methoxy groups -OCH3 is 1. The van der Waals surface area contributed by atoms with E-state index in [-0.39, 0.29) is 17.5 Å². The fraction of sp³-hybridized carbons (Fsp3) is 0.625. The normalized spacial score (nSPS) is 29.2. The molecule has 0 bridgehead atoms. The number of aryl methyl sites for hydroxylation is 1. The second-order valence-electron chi connectivity index (χ2n) is 5.95. The summed E-state index contributed by atoms with van der Waals surface area (Å²) in [5.41, 5.74) is 8.01. The van der Waals surface area contributed by atoms with Crippen molar-refractivity contribution in [2.24, 2.45) is 11.7 Å². The van der Waals surface area contributed by atoms with Crippen molar-refractivity contribution in [1.82, 2.24) is 0 Å². The third-order valence-electron chi connectivity index (χ3n) is 4.54. The average Bonchev–Trinajstić information content (AvgIpc) is 2.40. The predicted molar refractivity (Wildman–Crippen MR) is 75.4 cm³/mol. The summed E-state index contributed by atoms with van der Waals surface area (Å²) in [7, 11) is 1.73. The molecule has 2 N–H and O–H groups in total. The Morgan fingerprint density at radius 1 is 1.47 bits per heavy atom. The van der Waals surface area contributed by atoms with Gasteiger partial charge in [-0.05, 0) is 48.9 Å². The van der Waals surface area contributed by atoms with Crippen LogP contribution >= 0.6 is 0 Å². The number of rotatable bonds is 3. The number of nitrogens with two attached hydrogens (primary N) is 1. The molecule has 1 aromatic carbocycles. The van der Waals surface area contributed by atoms with E-state index in [0.29, 0.717) is 5.92 Å². The zero-order valence-corrected chi connectivity index (χ0v) is 12.1. The average molecular weight is 265 g/mol. The van der Waals surface area contributed by atoms with Gasteiger partial charge < -0.3 is 10.5 Å². The molecule has 2 nitrogen and oxygen atoms in total. The molecular weight excluding hydrogens is 241 g/mol. The number of hydrogen-bond acceptors (Lipinski definition) is 2. The first-order valence-corrected chi connectivity index (χ1v) is 7.05. The van der Waals surface area contributed by atoms with Crippen molar-refractivity contribution in [2.75, 3.05) is 7.11 Å².